The molecular weight excluding hydrogens is 272 g/mol. The first-order valence-corrected chi connectivity index (χ1v) is 8.37. The molecule has 0 radical (unpaired) electrons. The molecule has 1 aromatic rings. The summed E-state index contributed by atoms with van der Waals surface area (Å²) in [5.41, 5.74) is 1.24. The molecule has 4 heteroatoms. The molecule has 1 heterocycles. The minimum Gasteiger partial charge on any atom is -0.356 e. The Morgan fingerprint density at radius 2 is 1.91 bits per heavy atom. The van der Waals surface area contributed by atoms with E-state index in [2.05, 4.69) is 46.3 Å². The molecule has 4 nitrogen and oxygen atoms in total. The SMILES string of the molecule is CC(CNC(=NCc1ccccc1)N(C)C)CN1CCCC1. The van der Waals surface area contributed by atoms with Gasteiger partial charge in [0.05, 0.1) is 6.54 Å². The summed E-state index contributed by atoms with van der Waals surface area (Å²) >= 11 is 0. The summed E-state index contributed by atoms with van der Waals surface area (Å²) in [6.07, 6.45) is 2.73. The van der Waals surface area contributed by atoms with Crippen LogP contribution in [0.2, 0.25) is 0 Å². The van der Waals surface area contributed by atoms with Crippen molar-refractivity contribution in [2.75, 3.05) is 40.3 Å². The zero-order valence-corrected chi connectivity index (χ0v) is 14.3. The molecule has 2 rings (SSSR count). The molecule has 0 spiro atoms. The quantitative estimate of drug-likeness (QED) is 0.647. The molecule has 1 unspecified atom stereocenters. The number of nitrogens with one attached hydrogen (secondary N) is 1. The molecule has 22 heavy (non-hydrogen) atoms. The van der Waals surface area contributed by atoms with Crippen molar-refractivity contribution in [3.63, 3.8) is 0 Å². The topological polar surface area (TPSA) is 30.9 Å². The summed E-state index contributed by atoms with van der Waals surface area (Å²) in [6, 6.07) is 10.4. The Bertz CT molecular complexity index is 449. The lowest BCUT2D eigenvalue weighted by molar-refractivity contribution is 0.287. The molecule has 1 N–H and O–H groups in total. The van der Waals surface area contributed by atoms with Crippen LogP contribution in [0.1, 0.15) is 25.3 Å². The van der Waals surface area contributed by atoms with Crippen molar-refractivity contribution in [1.29, 1.82) is 0 Å². The third-order valence-electron chi connectivity index (χ3n) is 4.06. The van der Waals surface area contributed by atoms with E-state index >= 15 is 0 Å². The molecule has 0 bridgehead atoms. The van der Waals surface area contributed by atoms with Gasteiger partial charge < -0.3 is 15.1 Å². The fourth-order valence-corrected chi connectivity index (χ4v) is 2.84. The van der Waals surface area contributed by atoms with Crippen molar-refractivity contribution >= 4 is 5.96 Å². The highest BCUT2D eigenvalue weighted by molar-refractivity contribution is 5.79. The van der Waals surface area contributed by atoms with E-state index in [1.54, 1.807) is 0 Å². The number of guanidine groups is 1. The molecule has 1 aliphatic heterocycles. The number of hydrogen-bond donors (Lipinski definition) is 1. The lowest BCUT2D eigenvalue weighted by Gasteiger charge is -2.23. The highest BCUT2D eigenvalue weighted by atomic mass is 15.3. The maximum atomic E-state index is 4.72. The Hall–Kier alpha value is -1.55. The first-order valence-electron chi connectivity index (χ1n) is 8.37. The first-order chi connectivity index (χ1) is 10.6. The number of hydrogen-bond acceptors (Lipinski definition) is 2. The van der Waals surface area contributed by atoms with Crippen molar-refractivity contribution in [3.8, 4) is 0 Å². The summed E-state index contributed by atoms with van der Waals surface area (Å²) in [7, 11) is 4.09. The summed E-state index contributed by atoms with van der Waals surface area (Å²) in [4.78, 5) is 9.35. The predicted octanol–water partition coefficient (Wildman–Crippen LogP) is 2.43. The van der Waals surface area contributed by atoms with E-state index in [0.29, 0.717) is 5.92 Å². The van der Waals surface area contributed by atoms with Gasteiger partial charge in [0.1, 0.15) is 0 Å². The second kappa shape index (κ2) is 8.79. The molecule has 1 aromatic carbocycles. The van der Waals surface area contributed by atoms with Gasteiger partial charge in [-0.05, 0) is 37.4 Å². The predicted molar refractivity (Wildman–Crippen MR) is 94.1 cm³/mol. The van der Waals surface area contributed by atoms with Gasteiger partial charge in [-0.2, -0.15) is 0 Å². The van der Waals surface area contributed by atoms with Gasteiger partial charge in [0, 0.05) is 27.2 Å². The van der Waals surface area contributed by atoms with Gasteiger partial charge in [-0.15, -0.1) is 0 Å². The highest BCUT2D eigenvalue weighted by Gasteiger charge is 2.15. The molecule has 0 amide bonds. The number of benzene rings is 1. The minimum atomic E-state index is 0.639. The van der Waals surface area contributed by atoms with Crippen molar-refractivity contribution in [2.24, 2.45) is 10.9 Å². The maximum Gasteiger partial charge on any atom is 0.193 e. The van der Waals surface area contributed by atoms with Crippen LogP contribution in [-0.4, -0.2) is 56.0 Å². The zero-order valence-electron chi connectivity index (χ0n) is 14.3. The standard InChI is InChI=1S/C18H30N4/c1-16(15-22-11-7-8-12-22)13-19-18(21(2)3)20-14-17-9-5-4-6-10-17/h4-6,9-10,16H,7-8,11-15H2,1-3H3,(H,19,20). The van der Waals surface area contributed by atoms with Crippen molar-refractivity contribution in [1.82, 2.24) is 15.1 Å². The fourth-order valence-electron chi connectivity index (χ4n) is 2.84. The Morgan fingerprint density at radius 1 is 1.23 bits per heavy atom. The van der Waals surface area contributed by atoms with E-state index in [-0.39, 0.29) is 0 Å². The number of rotatable bonds is 6. The lowest BCUT2D eigenvalue weighted by atomic mass is 10.1. The molecule has 0 aromatic heterocycles. The van der Waals surface area contributed by atoms with Crippen LogP contribution < -0.4 is 5.32 Å². The molecule has 122 valence electrons. The van der Waals surface area contributed by atoms with Crippen LogP contribution in [0.3, 0.4) is 0 Å². The molecular formula is C18H30N4. The summed E-state index contributed by atoms with van der Waals surface area (Å²) in [5.74, 6) is 1.61. The second-order valence-corrected chi connectivity index (χ2v) is 6.51. The van der Waals surface area contributed by atoms with Crippen molar-refractivity contribution < 1.29 is 0 Å². The van der Waals surface area contributed by atoms with Crippen molar-refractivity contribution in [2.45, 2.75) is 26.3 Å². The third-order valence-corrected chi connectivity index (χ3v) is 4.06. The smallest absolute Gasteiger partial charge is 0.193 e. The Kier molecular flexibility index (Phi) is 6.72. The molecule has 1 aliphatic rings. The largest absolute Gasteiger partial charge is 0.356 e. The fraction of sp³-hybridized carbons (Fsp3) is 0.611. The number of aliphatic imine (C=N–C) groups is 1. The van der Waals surface area contributed by atoms with Gasteiger partial charge >= 0.3 is 0 Å². The Morgan fingerprint density at radius 3 is 2.55 bits per heavy atom. The molecule has 1 fully saturated rings. The first kappa shape index (κ1) is 16.8. The lowest BCUT2D eigenvalue weighted by Crippen LogP contribution is -2.40. The summed E-state index contributed by atoms with van der Waals surface area (Å²) in [5, 5.41) is 3.51. The third kappa shape index (κ3) is 5.68. The van der Waals surface area contributed by atoms with Gasteiger partial charge in [0.15, 0.2) is 5.96 Å². The monoisotopic (exact) mass is 302 g/mol. The van der Waals surface area contributed by atoms with Gasteiger partial charge in [0.2, 0.25) is 0 Å². The van der Waals surface area contributed by atoms with Gasteiger partial charge in [-0.3, -0.25) is 0 Å². The van der Waals surface area contributed by atoms with Crippen molar-refractivity contribution in [3.05, 3.63) is 35.9 Å². The molecule has 1 atom stereocenters. The van der Waals surface area contributed by atoms with Crippen LogP contribution in [-0.2, 0) is 6.54 Å². The number of nitrogens with zero attached hydrogens (tertiary/aromatic N) is 3. The zero-order chi connectivity index (χ0) is 15.8. The average molecular weight is 302 g/mol. The van der Waals surface area contributed by atoms with Gasteiger partial charge in [-0.25, -0.2) is 4.99 Å². The maximum absolute atomic E-state index is 4.72. The van der Waals surface area contributed by atoms with E-state index in [1.807, 2.05) is 20.2 Å². The van der Waals surface area contributed by atoms with Gasteiger partial charge in [0.25, 0.3) is 0 Å². The Balaban J connectivity index is 1.80. The molecule has 0 aliphatic carbocycles. The molecule has 0 saturated carbocycles. The van der Waals surface area contributed by atoms with Crippen LogP contribution in [0.25, 0.3) is 0 Å². The summed E-state index contributed by atoms with van der Waals surface area (Å²) < 4.78 is 0. The van der Waals surface area contributed by atoms with E-state index in [1.165, 1.54) is 38.0 Å². The van der Waals surface area contributed by atoms with E-state index < -0.39 is 0 Å². The van der Waals surface area contributed by atoms with E-state index in [4.69, 9.17) is 4.99 Å². The van der Waals surface area contributed by atoms with E-state index in [0.717, 1.165) is 19.0 Å². The minimum absolute atomic E-state index is 0.639. The van der Waals surface area contributed by atoms with Gasteiger partial charge in [-0.1, -0.05) is 37.3 Å². The second-order valence-electron chi connectivity index (χ2n) is 6.51. The van der Waals surface area contributed by atoms with Crippen LogP contribution in [0.5, 0.6) is 0 Å². The summed E-state index contributed by atoms with van der Waals surface area (Å²) in [6.45, 7) is 7.74. The van der Waals surface area contributed by atoms with Crippen LogP contribution in [0.15, 0.2) is 35.3 Å². The average Bonchev–Trinajstić information content (AvgIpc) is 3.00. The van der Waals surface area contributed by atoms with Crippen LogP contribution in [0, 0.1) is 5.92 Å². The van der Waals surface area contributed by atoms with Crippen LogP contribution in [0.4, 0.5) is 0 Å². The Labute approximate surface area is 135 Å². The van der Waals surface area contributed by atoms with E-state index in [9.17, 15) is 0 Å². The normalized spacial score (nSPS) is 17.5. The highest BCUT2D eigenvalue weighted by Crippen LogP contribution is 2.09. The molecule has 1 saturated heterocycles. The van der Waals surface area contributed by atoms with Crippen LogP contribution >= 0.6 is 0 Å². The number of likely N-dealkylation sites (tertiary alicyclic amines) is 1.